The lowest BCUT2D eigenvalue weighted by Gasteiger charge is -2.13. The maximum atomic E-state index is 11.5. The number of nitrogens with zero attached hydrogens (tertiary/aromatic N) is 3. The summed E-state index contributed by atoms with van der Waals surface area (Å²) in [6, 6.07) is 18.0. The molecule has 122 valence electrons. The summed E-state index contributed by atoms with van der Waals surface area (Å²) >= 11 is 6.18. The van der Waals surface area contributed by atoms with Gasteiger partial charge in [-0.05, 0) is 29.8 Å². The average molecular weight is 340 g/mol. The molecule has 4 nitrogen and oxygen atoms in total. The third-order valence-electron chi connectivity index (χ3n) is 3.90. The molecule has 2 aromatic carbocycles. The predicted octanol–water partition coefficient (Wildman–Crippen LogP) is 4.13. The number of aldehydes is 1. The van der Waals surface area contributed by atoms with Gasteiger partial charge in [0.25, 0.3) is 0 Å². The highest BCUT2D eigenvalue weighted by Crippen LogP contribution is 2.27. The van der Waals surface area contributed by atoms with Crippen molar-refractivity contribution in [3.8, 4) is 11.4 Å². The first-order valence-corrected chi connectivity index (χ1v) is 8.01. The minimum atomic E-state index is 0.229. The number of halogens is 1. The van der Waals surface area contributed by atoms with Crippen LogP contribution in [0.2, 0.25) is 5.15 Å². The van der Waals surface area contributed by atoms with Crippen molar-refractivity contribution in [2.45, 2.75) is 6.54 Å². The first-order valence-electron chi connectivity index (χ1n) is 7.63. The molecule has 3 aromatic rings. The summed E-state index contributed by atoms with van der Waals surface area (Å²) in [5.74, 6) is 0.691. The predicted molar refractivity (Wildman–Crippen MR) is 97.9 cm³/mol. The van der Waals surface area contributed by atoms with Gasteiger partial charge in [-0.25, -0.2) is 4.98 Å². The smallest absolute Gasteiger partial charge is 0.169 e. The largest absolute Gasteiger partial charge is 0.378 e. The summed E-state index contributed by atoms with van der Waals surface area (Å²) in [5.41, 5.74) is 3.50. The van der Waals surface area contributed by atoms with Gasteiger partial charge < -0.3 is 9.47 Å². The summed E-state index contributed by atoms with van der Waals surface area (Å²) in [6.45, 7) is 0.541. The van der Waals surface area contributed by atoms with Gasteiger partial charge in [-0.3, -0.25) is 4.79 Å². The monoisotopic (exact) mass is 339 g/mol. The van der Waals surface area contributed by atoms with Crippen molar-refractivity contribution in [1.29, 1.82) is 0 Å². The lowest BCUT2D eigenvalue weighted by atomic mass is 10.1. The van der Waals surface area contributed by atoms with Crippen LogP contribution in [-0.4, -0.2) is 29.9 Å². The SMILES string of the molecule is CN(C)c1ccc(-c2nc(Cl)c(C=O)n2Cc2ccccc2)cc1. The number of anilines is 1. The maximum Gasteiger partial charge on any atom is 0.169 e. The lowest BCUT2D eigenvalue weighted by molar-refractivity contribution is 0.111. The van der Waals surface area contributed by atoms with Crippen molar-refractivity contribution in [3.63, 3.8) is 0 Å². The second-order valence-corrected chi connectivity index (χ2v) is 6.10. The molecule has 1 heterocycles. The molecule has 0 N–H and O–H groups in total. The van der Waals surface area contributed by atoms with Crippen LogP contribution in [0.3, 0.4) is 0 Å². The van der Waals surface area contributed by atoms with Crippen molar-refractivity contribution in [2.24, 2.45) is 0 Å². The van der Waals surface area contributed by atoms with Crippen molar-refractivity contribution in [2.75, 3.05) is 19.0 Å². The molecular weight excluding hydrogens is 322 g/mol. The number of imidazole rings is 1. The molecule has 0 amide bonds. The summed E-state index contributed by atoms with van der Waals surface area (Å²) in [6.07, 6.45) is 0.760. The van der Waals surface area contributed by atoms with Crippen LogP contribution in [0, 0.1) is 0 Å². The molecule has 0 spiro atoms. The zero-order valence-electron chi connectivity index (χ0n) is 13.6. The first-order chi connectivity index (χ1) is 11.6. The Bertz CT molecular complexity index is 839. The molecular formula is C19H18ClN3O. The molecule has 1 aromatic heterocycles. The Morgan fingerprint density at radius 3 is 2.33 bits per heavy atom. The van der Waals surface area contributed by atoms with E-state index in [1.54, 1.807) is 0 Å². The lowest BCUT2D eigenvalue weighted by Crippen LogP contribution is -2.08. The van der Waals surface area contributed by atoms with Gasteiger partial charge in [0.05, 0.1) is 0 Å². The van der Waals surface area contributed by atoms with E-state index in [2.05, 4.69) is 4.98 Å². The Balaban J connectivity index is 2.05. The fourth-order valence-electron chi connectivity index (χ4n) is 2.60. The van der Waals surface area contributed by atoms with Crippen molar-refractivity contribution >= 4 is 23.6 Å². The van der Waals surface area contributed by atoms with Crippen molar-refractivity contribution < 1.29 is 4.79 Å². The fourth-order valence-corrected chi connectivity index (χ4v) is 2.83. The number of hydrogen-bond acceptors (Lipinski definition) is 3. The highest BCUT2D eigenvalue weighted by atomic mass is 35.5. The van der Waals surface area contributed by atoms with Crippen molar-refractivity contribution in [3.05, 3.63) is 71.0 Å². The highest BCUT2D eigenvalue weighted by molar-refractivity contribution is 6.31. The van der Waals surface area contributed by atoms with Crippen LogP contribution in [0.1, 0.15) is 16.1 Å². The van der Waals surface area contributed by atoms with E-state index in [1.165, 1.54) is 0 Å². The molecule has 3 rings (SSSR count). The molecule has 24 heavy (non-hydrogen) atoms. The number of carbonyl (C=O) groups excluding carboxylic acids is 1. The maximum absolute atomic E-state index is 11.5. The summed E-state index contributed by atoms with van der Waals surface area (Å²) < 4.78 is 1.86. The molecule has 0 aliphatic carbocycles. The standard InChI is InChI=1S/C19H18ClN3O/c1-22(2)16-10-8-15(9-11-16)19-21-18(20)17(13-24)23(19)12-14-6-4-3-5-7-14/h3-11,13H,12H2,1-2H3. The topological polar surface area (TPSA) is 38.1 Å². The van der Waals surface area contributed by atoms with E-state index < -0.39 is 0 Å². The van der Waals surface area contributed by atoms with Crippen LogP contribution in [-0.2, 0) is 6.54 Å². The van der Waals surface area contributed by atoms with Crippen LogP contribution in [0.5, 0.6) is 0 Å². The van der Waals surface area contributed by atoms with Gasteiger partial charge >= 0.3 is 0 Å². The zero-order valence-corrected chi connectivity index (χ0v) is 14.4. The van der Waals surface area contributed by atoms with E-state index in [4.69, 9.17) is 11.6 Å². The van der Waals surface area contributed by atoms with E-state index >= 15 is 0 Å². The van der Waals surface area contributed by atoms with Crippen LogP contribution in [0.15, 0.2) is 54.6 Å². The van der Waals surface area contributed by atoms with Crippen LogP contribution < -0.4 is 4.90 Å². The average Bonchev–Trinajstić information content (AvgIpc) is 2.91. The Kier molecular flexibility index (Phi) is 4.67. The Labute approximate surface area is 146 Å². The molecule has 0 saturated carbocycles. The Morgan fingerprint density at radius 2 is 1.75 bits per heavy atom. The van der Waals surface area contributed by atoms with Gasteiger partial charge in [0.2, 0.25) is 0 Å². The normalized spacial score (nSPS) is 10.6. The second-order valence-electron chi connectivity index (χ2n) is 5.74. The molecule has 0 unspecified atom stereocenters. The number of hydrogen-bond donors (Lipinski definition) is 0. The summed E-state index contributed by atoms with van der Waals surface area (Å²) in [5, 5.41) is 0.229. The van der Waals surface area contributed by atoms with Crippen molar-refractivity contribution in [1.82, 2.24) is 9.55 Å². The molecule has 0 atom stereocenters. The number of rotatable bonds is 5. The molecule has 0 saturated heterocycles. The fraction of sp³-hybridized carbons (Fsp3) is 0.158. The van der Waals surface area contributed by atoms with E-state index in [0.717, 1.165) is 23.1 Å². The van der Waals surface area contributed by atoms with Gasteiger partial charge in [0.15, 0.2) is 11.4 Å². The minimum Gasteiger partial charge on any atom is -0.378 e. The number of aromatic nitrogens is 2. The molecule has 0 bridgehead atoms. The van der Waals surface area contributed by atoms with Crippen LogP contribution in [0.25, 0.3) is 11.4 Å². The molecule has 0 radical (unpaired) electrons. The van der Waals surface area contributed by atoms with E-state index in [-0.39, 0.29) is 5.15 Å². The van der Waals surface area contributed by atoms with Gasteiger partial charge in [0.1, 0.15) is 11.5 Å². The zero-order chi connectivity index (χ0) is 17.1. The first kappa shape index (κ1) is 16.3. The summed E-state index contributed by atoms with van der Waals surface area (Å²) in [4.78, 5) is 17.9. The Morgan fingerprint density at radius 1 is 1.08 bits per heavy atom. The molecule has 0 aliphatic heterocycles. The van der Waals surface area contributed by atoms with E-state index in [9.17, 15) is 4.79 Å². The third-order valence-corrected chi connectivity index (χ3v) is 4.18. The molecule has 0 fully saturated rings. The van der Waals surface area contributed by atoms with Crippen LogP contribution >= 0.6 is 11.6 Å². The van der Waals surface area contributed by atoms with E-state index in [0.29, 0.717) is 18.1 Å². The third kappa shape index (κ3) is 3.19. The van der Waals surface area contributed by atoms with Gasteiger partial charge in [-0.2, -0.15) is 0 Å². The Hall–Kier alpha value is -2.59. The second kappa shape index (κ2) is 6.89. The highest BCUT2D eigenvalue weighted by Gasteiger charge is 2.17. The van der Waals surface area contributed by atoms with Gasteiger partial charge in [-0.1, -0.05) is 41.9 Å². The van der Waals surface area contributed by atoms with E-state index in [1.807, 2.05) is 78.2 Å². The number of carbonyl (C=O) groups is 1. The number of benzene rings is 2. The molecule has 0 aliphatic rings. The van der Waals surface area contributed by atoms with Gasteiger partial charge in [-0.15, -0.1) is 0 Å². The minimum absolute atomic E-state index is 0.229. The summed E-state index contributed by atoms with van der Waals surface area (Å²) in [7, 11) is 3.99. The van der Waals surface area contributed by atoms with Crippen LogP contribution in [0.4, 0.5) is 5.69 Å². The quantitative estimate of drug-likeness (QED) is 0.656. The molecule has 5 heteroatoms. The van der Waals surface area contributed by atoms with Gasteiger partial charge in [0, 0.05) is 31.9 Å².